The predicted molar refractivity (Wildman–Crippen MR) is 161 cm³/mol. The van der Waals surface area contributed by atoms with Gasteiger partial charge in [0.25, 0.3) is 0 Å². The molecule has 3 amide bonds. The van der Waals surface area contributed by atoms with Gasteiger partial charge in [-0.1, -0.05) is 12.1 Å². The highest BCUT2D eigenvalue weighted by Gasteiger charge is 2.47. The van der Waals surface area contributed by atoms with E-state index in [2.05, 4.69) is 16.4 Å². The maximum atomic E-state index is 13.1. The van der Waals surface area contributed by atoms with Gasteiger partial charge in [0.1, 0.15) is 6.04 Å². The number of hydrogen-bond donors (Lipinski definition) is 3. The molecule has 0 bridgehead atoms. The Morgan fingerprint density at radius 1 is 1.07 bits per heavy atom. The zero-order valence-electron chi connectivity index (χ0n) is 25.1. The van der Waals surface area contributed by atoms with Gasteiger partial charge in [-0.05, 0) is 99.4 Å². The summed E-state index contributed by atoms with van der Waals surface area (Å²) in [7, 11) is 0. The number of carbonyl (C=O) groups excluding carboxylic acids is 3. The molecular formula is C32H37N7O5. The molecule has 1 saturated heterocycles. The first kappa shape index (κ1) is 30.7. The van der Waals surface area contributed by atoms with Crippen molar-refractivity contribution in [2.24, 2.45) is 11.5 Å². The summed E-state index contributed by atoms with van der Waals surface area (Å²) >= 11 is 0. The quantitative estimate of drug-likeness (QED) is 0.332. The number of rotatable bonds is 9. The molecular weight excluding hydrogens is 562 g/mol. The van der Waals surface area contributed by atoms with Crippen molar-refractivity contribution in [1.82, 2.24) is 19.9 Å². The van der Waals surface area contributed by atoms with Gasteiger partial charge in [0.15, 0.2) is 5.82 Å². The zero-order valence-corrected chi connectivity index (χ0v) is 25.1. The van der Waals surface area contributed by atoms with Gasteiger partial charge in [0.05, 0.1) is 24.1 Å². The smallest absolute Gasteiger partial charge is 0.366 e. The van der Waals surface area contributed by atoms with Gasteiger partial charge >= 0.3 is 5.76 Å². The molecule has 0 radical (unpaired) electrons. The van der Waals surface area contributed by atoms with Gasteiger partial charge in [0, 0.05) is 23.7 Å². The summed E-state index contributed by atoms with van der Waals surface area (Å²) in [5.41, 5.74) is 14.2. The Hall–Kier alpha value is -4.76. The van der Waals surface area contributed by atoms with Crippen molar-refractivity contribution in [2.45, 2.75) is 76.4 Å². The number of nitriles is 1. The number of nitrogens with two attached hydrogens (primary N) is 2. The Morgan fingerprint density at radius 3 is 2.18 bits per heavy atom. The summed E-state index contributed by atoms with van der Waals surface area (Å²) in [5, 5.41) is 12.8. The standard InChI is InChI=1S/C32H37N7O5/c1-18(2)39-30(37-31(43)44-39)32(15-19(3)36-17-27(40)38-12-4-5-24(38)16-33)25-10-8-22(28(34)41)13-20(25)6-7-21-14-23(29(35)42)9-11-26(21)32/h8-11,13-14,18-19,24,36H,4-7,12,15,17H2,1-3H3,(H2,34,41)(H2,35,42)/t19-,24-/m0/s1. The van der Waals surface area contributed by atoms with Crippen molar-refractivity contribution in [3.05, 3.63) is 86.2 Å². The minimum atomic E-state index is -1.11. The molecule has 1 fully saturated rings. The fourth-order valence-corrected chi connectivity index (χ4v) is 6.72. The Labute approximate surface area is 255 Å². The van der Waals surface area contributed by atoms with Crippen LogP contribution in [0.25, 0.3) is 0 Å². The number of aryl methyl sites for hydroxylation is 2. The van der Waals surface area contributed by atoms with E-state index >= 15 is 0 Å². The SMILES string of the molecule is CC(C)n1oc(=O)nc1C1(C[C@H](C)NCC(=O)N2CCC[C@H]2C#N)c2ccc(C(N)=O)cc2CCc2cc(C(N)=O)ccc21. The molecule has 1 aliphatic heterocycles. The van der Waals surface area contributed by atoms with Gasteiger partial charge < -0.3 is 26.2 Å². The molecule has 44 heavy (non-hydrogen) atoms. The lowest BCUT2D eigenvalue weighted by Gasteiger charge is -2.38. The maximum absolute atomic E-state index is 13.1. The number of fused-ring (bicyclic) bond motifs is 2. The number of carbonyl (C=O) groups is 3. The van der Waals surface area contributed by atoms with Gasteiger partial charge in [-0.3, -0.25) is 14.4 Å². The Bertz CT molecular complexity index is 1650. The maximum Gasteiger partial charge on any atom is 0.459 e. The molecule has 0 spiro atoms. The molecule has 2 aliphatic rings. The summed E-state index contributed by atoms with van der Waals surface area (Å²) in [5.74, 6) is -1.68. The third-order valence-electron chi connectivity index (χ3n) is 8.73. The molecule has 230 valence electrons. The van der Waals surface area contributed by atoms with E-state index in [0.29, 0.717) is 49.2 Å². The van der Waals surface area contributed by atoms with Crippen LogP contribution in [0.3, 0.4) is 0 Å². The van der Waals surface area contributed by atoms with Crippen LogP contribution in [0.4, 0.5) is 0 Å². The van der Waals surface area contributed by atoms with E-state index in [1.807, 2.05) is 32.9 Å². The number of nitrogens with zero attached hydrogens (tertiary/aromatic N) is 4. The first-order valence-corrected chi connectivity index (χ1v) is 14.9. The topological polar surface area (TPSA) is 190 Å². The van der Waals surface area contributed by atoms with Crippen LogP contribution in [0.2, 0.25) is 0 Å². The average molecular weight is 600 g/mol. The van der Waals surface area contributed by atoms with Crippen LogP contribution in [-0.4, -0.2) is 57.5 Å². The average Bonchev–Trinajstić information content (AvgIpc) is 3.61. The fraction of sp³-hybridized carbons (Fsp3) is 0.438. The highest BCUT2D eigenvalue weighted by molar-refractivity contribution is 5.94. The molecule has 1 aromatic heterocycles. The third-order valence-corrected chi connectivity index (χ3v) is 8.73. The summed E-state index contributed by atoms with van der Waals surface area (Å²) in [6, 6.07) is 11.7. The van der Waals surface area contributed by atoms with E-state index in [4.69, 9.17) is 16.0 Å². The summed E-state index contributed by atoms with van der Waals surface area (Å²) in [4.78, 5) is 56.3. The van der Waals surface area contributed by atoms with Crippen LogP contribution < -0.4 is 22.5 Å². The second kappa shape index (κ2) is 12.1. The number of nitrogens with one attached hydrogen (secondary N) is 1. The van der Waals surface area contributed by atoms with E-state index in [1.54, 1.807) is 29.2 Å². The zero-order chi connectivity index (χ0) is 31.8. The molecule has 5 N–H and O–H groups in total. The second-order valence-electron chi connectivity index (χ2n) is 12.0. The van der Waals surface area contributed by atoms with Crippen molar-refractivity contribution >= 4 is 17.7 Å². The van der Waals surface area contributed by atoms with E-state index in [1.165, 1.54) is 4.74 Å². The van der Waals surface area contributed by atoms with Crippen molar-refractivity contribution in [2.75, 3.05) is 13.1 Å². The van der Waals surface area contributed by atoms with Crippen LogP contribution in [0, 0.1) is 11.3 Å². The molecule has 2 atom stereocenters. The van der Waals surface area contributed by atoms with Crippen LogP contribution in [0.1, 0.15) is 94.9 Å². The Morgan fingerprint density at radius 2 is 1.66 bits per heavy atom. The fourth-order valence-electron chi connectivity index (χ4n) is 6.72. The van der Waals surface area contributed by atoms with Crippen LogP contribution in [0.5, 0.6) is 0 Å². The van der Waals surface area contributed by atoms with Gasteiger partial charge in [-0.25, -0.2) is 4.79 Å². The minimum absolute atomic E-state index is 0.0200. The largest absolute Gasteiger partial charge is 0.459 e. The summed E-state index contributed by atoms with van der Waals surface area (Å²) in [6.07, 6.45) is 2.81. The van der Waals surface area contributed by atoms with Crippen LogP contribution >= 0.6 is 0 Å². The monoisotopic (exact) mass is 599 g/mol. The van der Waals surface area contributed by atoms with E-state index in [0.717, 1.165) is 28.7 Å². The molecule has 12 nitrogen and oxygen atoms in total. The van der Waals surface area contributed by atoms with Crippen LogP contribution in [-0.2, 0) is 23.1 Å². The van der Waals surface area contributed by atoms with Gasteiger partial charge in [0.2, 0.25) is 17.7 Å². The van der Waals surface area contributed by atoms with E-state index < -0.39 is 29.0 Å². The van der Waals surface area contributed by atoms with Crippen molar-refractivity contribution in [3.8, 4) is 6.07 Å². The number of hydrogen-bond acceptors (Lipinski definition) is 8. The molecule has 2 aromatic carbocycles. The van der Waals surface area contributed by atoms with Crippen molar-refractivity contribution in [1.29, 1.82) is 5.26 Å². The lowest BCUT2D eigenvalue weighted by molar-refractivity contribution is -0.130. The number of amides is 3. The van der Waals surface area contributed by atoms with Crippen molar-refractivity contribution < 1.29 is 18.9 Å². The normalized spacial score (nSPS) is 17.8. The number of likely N-dealkylation sites (tertiary alicyclic amines) is 1. The predicted octanol–water partition coefficient (Wildman–Crippen LogP) is 1.93. The molecule has 1 aliphatic carbocycles. The lowest BCUT2D eigenvalue weighted by Crippen LogP contribution is -2.46. The molecule has 0 unspecified atom stereocenters. The molecule has 2 heterocycles. The highest BCUT2D eigenvalue weighted by Crippen LogP contribution is 2.48. The van der Waals surface area contributed by atoms with Gasteiger partial charge in [-0.2, -0.15) is 15.0 Å². The lowest BCUT2D eigenvalue weighted by atomic mass is 9.67. The van der Waals surface area contributed by atoms with Crippen LogP contribution in [0.15, 0.2) is 45.7 Å². The first-order valence-electron chi connectivity index (χ1n) is 14.9. The third kappa shape index (κ3) is 5.51. The number of aromatic nitrogens is 2. The number of primary amides is 2. The molecule has 5 rings (SSSR count). The highest BCUT2D eigenvalue weighted by atomic mass is 16.5. The van der Waals surface area contributed by atoms with Gasteiger partial charge in [-0.15, -0.1) is 0 Å². The van der Waals surface area contributed by atoms with E-state index in [-0.39, 0.29) is 24.5 Å². The minimum Gasteiger partial charge on any atom is -0.366 e. The Kier molecular flexibility index (Phi) is 8.43. The second-order valence-corrected chi connectivity index (χ2v) is 12.0. The Balaban J connectivity index is 1.69. The molecule has 3 aromatic rings. The van der Waals surface area contributed by atoms with Crippen molar-refractivity contribution in [3.63, 3.8) is 0 Å². The summed E-state index contributed by atoms with van der Waals surface area (Å²) in [6.45, 7) is 6.27. The summed E-state index contributed by atoms with van der Waals surface area (Å²) < 4.78 is 7.12. The molecule has 12 heteroatoms. The van der Waals surface area contributed by atoms with E-state index in [9.17, 15) is 24.4 Å². The molecule has 0 saturated carbocycles. The number of benzene rings is 2. The first-order chi connectivity index (χ1) is 21.0.